The normalized spacial score (nSPS) is 19.1. The number of ether oxygens (including phenoxy) is 1. The van der Waals surface area contributed by atoms with Crippen LogP contribution in [0, 0.1) is 19.8 Å². The molecule has 0 fully saturated rings. The van der Waals surface area contributed by atoms with Crippen LogP contribution >= 0.6 is 0 Å². The minimum atomic E-state index is -3.93. The number of fused-ring (bicyclic) bond motifs is 1. The van der Waals surface area contributed by atoms with E-state index in [0.717, 1.165) is 0 Å². The molecule has 0 radical (unpaired) electrons. The van der Waals surface area contributed by atoms with E-state index >= 15 is 0 Å². The van der Waals surface area contributed by atoms with Gasteiger partial charge in [0.1, 0.15) is 5.83 Å². The van der Waals surface area contributed by atoms with Crippen LogP contribution in [-0.2, 0) is 19.6 Å². The highest BCUT2D eigenvalue weighted by molar-refractivity contribution is 7.92. The number of allylic oxidation sites excluding steroid dienone is 2. The van der Waals surface area contributed by atoms with Crippen molar-refractivity contribution in [3.8, 4) is 0 Å². The standard InChI is InChI=1S/C24H24FN5O4S/c1-4-34-23(31)20-13-26-21-10-5-16(25)12-19(21)22(20)29-17-6-8-18(9-7-17)35(32,33)30-24-27-14(2)11-15(3)28-24/h5-13,19,21,29H,4H2,1-3H3,(H,27,28,30). The van der Waals surface area contributed by atoms with E-state index in [1.807, 2.05) is 0 Å². The van der Waals surface area contributed by atoms with Crippen LogP contribution in [0.5, 0.6) is 0 Å². The van der Waals surface area contributed by atoms with Crippen LogP contribution in [0.15, 0.2) is 75.5 Å². The molecule has 2 unspecified atom stereocenters. The summed E-state index contributed by atoms with van der Waals surface area (Å²) in [5.41, 5.74) is 2.37. The van der Waals surface area contributed by atoms with Crippen molar-refractivity contribution >= 4 is 33.8 Å². The molecule has 1 aliphatic carbocycles. The summed E-state index contributed by atoms with van der Waals surface area (Å²) in [4.78, 5) is 25.1. The smallest absolute Gasteiger partial charge is 0.341 e. The van der Waals surface area contributed by atoms with Gasteiger partial charge in [0.25, 0.3) is 10.0 Å². The number of benzene rings is 1. The van der Waals surface area contributed by atoms with Crippen LogP contribution in [0.2, 0.25) is 0 Å². The van der Waals surface area contributed by atoms with E-state index in [2.05, 4.69) is 25.0 Å². The minimum absolute atomic E-state index is 0.0000261. The number of esters is 1. The van der Waals surface area contributed by atoms with Crippen molar-refractivity contribution in [2.75, 3.05) is 16.6 Å². The number of aryl methyl sites for hydroxylation is 2. The van der Waals surface area contributed by atoms with Crippen molar-refractivity contribution in [1.29, 1.82) is 0 Å². The van der Waals surface area contributed by atoms with E-state index in [4.69, 9.17) is 4.74 Å². The van der Waals surface area contributed by atoms with Crippen molar-refractivity contribution < 1.29 is 22.3 Å². The Morgan fingerprint density at radius 3 is 2.49 bits per heavy atom. The topological polar surface area (TPSA) is 123 Å². The number of halogens is 1. The summed E-state index contributed by atoms with van der Waals surface area (Å²) in [6.07, 6.45) is 5.75. The van der Waals surface area contributed by atoms with E-state index in [-0.39, 0.29) is 29.1 Å². The molecule has 1 aliphatic heterocycles. The second-order valence-corrected chi connectivity index (χ2v) is 9.66. The van der Waals surface area contributed by atoms with E-state index in [1.165, 1.54) is 30.5 Å². The van der Waals surface area contributed by atoms with Gasteiger partial charge >= 0.3 is 5.97 Å². The number of carbonyl (C=O) groups is 1. The molecule has 0 amide bonds. The highest BCUT2D eigenvalue weighted by Gasteiger charge is 2.32. The summed E-state index contributed by atoms with van der Waals surface area (Å²) < 4.78 is 47.2. The fraction of sp³-hybridized carbons (Fsp3) is 0.250. The lowest BCUT2D eigenvalue weighted by Gasteiger charge is -2.29. The maximum absolute atomic E-state index is 14.0. The van der Waals surface area contributed by atoms with Crippen LogP contribution in [0.1, 0.15) is 18.3 Å². The highest BCUT2D eigenvalue weighted by Crippen LogP contribution is 2.33. The molecule has 2 heterocycles. The fourth-order valence-electron chi connectivity index (χ4n) is 3.79. The van der Waals surface area contributed by atoms with E-state index in [0.29, 0.717) is 22.8 Å². The van der Waals surface area contributed by atoms with Crippen LogP contribution in [0.3, 0.4) is 0 Å². The molecule has 2 N–H and O–H groups in total. The number of hydrogen-bond acceptors (Lipinski definition) is 8. The predicted octanol–water partition coefficient (Wildman–Crippen LogP) is 3.62. The molecule has 182 valence electrons. The lowest BCUT2D eigenvalue weighted by molar-refractivity contribution is -0.137. The highest BCUT2D eigenvalue weighted by atomic mass is 32.2. The molecule has 1 aromatic heterocycles. The first kappa shape index (κ1) is 24.3. The summed E-state index contributed by atoms with van der Waals surface area (Å²) in [6, 6.07) is 7.27. The summed E-state index contributed by atoms with van der Waals surface area (Å²) >= 11 is 0. The van der Waals surface area contributed by atoms with Crippen LogP contribution in [0.4, 0.5) is 16.0 Å². The Hall–Kier alpha value is -3.86. The number of sulfonamides is 1. The van der Waals surface area contributed by atoms with Crippen molar-refractivity contribution in [3.05, 3.63) is 77.0 Å². The lowest BCUT2D eigenvalue weighted by atomic mass is 9.87. The number of nitrogens with one attached hydrogen (secondary N) is 2. The zero-order valence-corrected chi connectivity index (χ0v) is 20.1. The van der Waals surface area contributed by atoms with Crippen molar-refractivity contribution in [2.45, 2.75) is 31.7 Å². The zero-order chi connectivity index (χ0) is 25.2. The Kier molecular flexibility index (Phi) is 6.79. The van der Waals surface area contributed by atoms with Crippen molar-refractivity contribution in [3.63, 3.8) is 0 Å². The first-order valence-electron chi connectivity index (χ1n) is 10.9. The molecule has 0 saturated carbocycles. The average molecular weight is 498 g/mol. The van der Waals surface area contributed by atoms with Gasteiger partial charge in [0.05, 0.1) is 23.1 Å². The Labute approximate surface area is 202 Å². The molecule has 2 aromatic rings. The van der Waals surface area contributed by atoms with Crippen LogP contribution in [-0.4, -0.2) is 43.2 Å². The Bertz CT molecular complexity index is 1360. The van der Waals surface area contributed by atoms with Gasteiger partial charge < -0.3 is 10.1 Å². The second-order valence-electron chi connectivity index (χ2n) is 7.98. The van der Waals surface area contributed by atoms with Gasteiger partial charge in [0, 0.05) is 34.9 Å². The molecule has 0 saturated heterocycles. The molecule has 0 bridgehead atoms. The molecule has 1 aromatic carbocycles. The Morgan fingerprint density at radius 2 is 1.83 bits per heavy atom. The zero-order valence-electron chi connectivity index (χ0n) is 19.3. The number of hydrogen-bond donors (Lipinski definition) is 2. The Morgan fingerprint density at radius 1 is 1.14 bits per heavy atom. The lowest BCUT2D eigenvalue weighted by Crippen LogP contribution is -2.31. The predicted molar refractivity (Wildman–Crippen MR) is 130 cm³/mol. The van der Waals surface area contributed by atoms with Gasteiger partial charge in [-0.1, -0.05) is 6.08 Å². The summed E-state index contributed by atoms with van der Waals surface area (Å²) in [7, 11) is -3.93. The number of dihydropyridines is 1. The molecule has 35 heavy (non-hydrogen) atoms. The first-order valence-corrected chi connectivity index (χ1v) is 12.4. The maximum atomic E-state index is 14.0. The monoisotopic (exact) mass is 497 g/mol. The fourth-order valence-corrected chi connectivity index (χ4v) is 4.73. The molecule has 9 nitrogen and oxygen atoms in total. The number of carbonyl (C=O) groups excluding carboxylic acids is 1. The molecular weight excluding hydrogens is 473 g/mol. The van der Waals surface area contributed by atoms with Gasteiger partial charge in [-0.3, -0.25) is 4.99 Å². The second kappa shape index (κ2) is 9.79. The average Bonchev–Trinajstić information content (AvgIpc) is 2.79. The third-order valence-electron chi connectivity index (χ3n) is 5.31. The maximum Gasteiger partial charge on any atom is 0.341 e. The van der Waals surface area contributed by atoms with Crippen molar-refractivity contribution in [2.24, 2.45) is 10.9 Å². The number of anilines is 2. The molecule has 11 heteroatoms. The van der Waals surface area contributed by atoms with Crippen LogP contribution < -0.4 is 10.0 Å². The third-order valence-corrected chi connectivity index (χ3v) is 6.65. The first-order chi connectivity index (χ1) is 16.7. The van der Waals surface area contributed by atoms with Crippen molar-refractivity contribution in [1.82, 2.24) is 9.97 Å². The van der Waals surface area contributed by atoms with E-state index in [9.17, 15) is 17.6 Å². The summed E-state index contributed by atoms with van der Waals surface area (Å²) in [5.74, 6) is -1.58. The number of aromatic nitrogens is 2. The van der Waals surface area contributed by atoms with Crippen LogP contribution in [0.25, 0.3) is 0 Å². The molecule has 0 spiro atoms. The van der Waals surface area contributed by atoms with Gasteiger partial charge in [0.15, 0.2) is 0 Å². The largest absolute Gasteiger partial charge is 0.462 e. The minimum Gasteiger partial charge on any atom is -0.462 e. The van der Waals surface area contributed by atoms with Gasteiger partial charge in [-0.2, -0.15) is 0 Å². The number of aliphatic imine (C=N–C) groups is 1. The number of nitrogens with zero attached hydrogens (tertiary/aromatic N) is 3. The molecule has 2 aliphatic rings. The Balaban J connectivity index is 1.61. The molecule has 4 rings (SSSR count). The van der Waals surface area contributed by atoms with Gasteiger partial charge in [0.2, 0.25) is 5.95 Å². The number of rotatable bonds is 7. The van der Waals surface area contributed by atoms with Gasteiger partial charge in [-0.05, 0) is 63.3 Å². The van der Waals surface area contributed by atoms with E-state index < -0.39 is 27.7 Å². The quantitative estimate of drug-likeness (QED) is 0.560. The summed E-state index contributed by atoms with van der Waals surface area (Å²) in [5, 5.41) is 3.14. The summed E-state index contributed by atoms with van der Waals surface area (Å²) in [6.45, 7) is 5.35. The SMILES string of the molecule is CCOC(=O)C1=C(Nc2ccc(S(=O)(=O)Nc3nc(C)cc(C)n3)cc2)C2C=C(F)C=CC2N=C1. The third kappa shape index (κ3) is 5.46. The molecular formula is C24H24FN5O4S. The van der Waals surface area contributed by atoms with E-state index in [1.54, 1.807) is 45.0 Å². The van der Waals surface area contributed by atoms with Gasteiger partial charge in [-0.15, -0.1) is 0 Å². The molecule has 2 atom stereocenters. The van der Waals surface area contributed by atoms with Gasteiger partial charge in [-0.25, -0.2) is 32.3 Å².